The van der Waals surface area contributed by atoms with Crippen LogP contribution < -0.4 is 5.32 Å². The molecule has 0 saturated carbocycles. The highest BCUT2D eigenvalue weighted by Gasteiger charge is 2.18. The molecule has 0 saturated heterocycles. The minimum absolute atomic E-state index is 0.385. The first-order chi connectivity index (χ1) is 14.6. The molecule has 0 aliphatic heterocycles. The molecule has 0 aliphatic rings. The van der Waals surface area contributed by atoms with Gasteiger partial charge in [0.15, 0.2) is 6.10 Å². The van der Waals surface area contributed by atoms with E-state index in [-0.39, 0.29) is 5.91 Å². The number of para-hydroxylation sites is 1. The van der Waals surface area contributed by atoms with Crippen LogP contribution in [0, 0.1) is 0 Å². The van der Waals surface area contributed by atoms with Crippen LogP contribution in [-0.2, 0) is 14.3 Å². The molecule has 0 spiro atoms. The minimum atomic E-state index is -0.926. The van der Waals surface area contributed by atoms with Crippen molar-refractivity contribution in [3.8, 4) is 11.1 Å². The zero-order valence-electron chi connectivity index (χ0n) is 16.9. The van der Waals surface area contributed by atoms with Crippen LogP contribution in [0.25, 0.3) is 17.2 Å². The third-order valence-corrected chi connectivity index (χ3v) is 5.20. The number of carbonyl (C=O) groups is 2. The van der Waals surface area contributed by atoms with Crippen LogP contribution in [0.15, 0.2) is 89.8 Å². The molecular weight excluding hydrogens is 394 g/mol. The smallest absolute Gasteiger partial charge is 0.331 e. The van der Waals surface area contributed by atoms with E-state index in [1.807, 2.05) is 85.1 Å². The van der Waals surface area contributed by atoms with E-state index in [9.17, 15) is 9.59 Å². The van der Waals surface area contributed by atoms with Crippen molar-refractivity contribution in [2.45, 2.75) is 17.9 Å². The predicted octanol–water partition coefficient (Wildman–Crippen LogP) is 5.66. The highest BCUT2D eigenvalue weighted by atomic mass is 32.2. The Balaban J connectivity index is 1.61. The Labute approximate surface area is 181 Å². The van der Waals surface area contributed by atoms with Crippen LogP contribution >= 0.6 is 11.8 Å². The van der Waals surface area contributed by atoms with Gasteiger partial charge in [0.1, 0.15) is 0 Å². The number of amides is 1. The Kier molecular flexibility index (Phi) is 7.46. The zero-order chi connectivity index (χ0) is 21.3. The SMILES string of the molecule is CSc1ccc(/C=C/C(=O)O[C@@H](C)C(=O)Nc2ccccc2-c2ccccc2)cc1. The van der Waals surface area contributed by atoms with Gasteiger partial charge in [-0.25, -0.2) is 4.79 Å². The molecule has 3 aromatic rings. The molecule has 152 valence electrons. The van der Waals surface area contributed by atoms with Crippen molar-refractivity contribution >= 4 is 35.4 Å². The van der Waals surface area contributed by atoms with Crippen molar-refractivity contribution in [3.63, 3.8) is 0 Å². The number of nitrogens with one attached hydrogen (secondary N) is 1. The standard InChI is InChI=1S/C25H23NO3S/c1-18(29-24(27)17-14-19-12-15-21(30-2)16-13-19)25(28)26-23-11-7-6-10-22(23)20-8-4-3-5-9-20/h3-18H,1-2H3,(H,26,28)/b17-14+/t18-/m0/s1. The number of benzene rings is 3. The summed E-state index contributed by atoms with van der Waals surface area (Å²) in [7, 11) is 0. The molecule has 0 bridgehead atoms. The number of hydrogen-bond donors (Lipinski definition) is 1. The van der Waals surface area contributed by atoms with E-state index < -0.39 is 12.1 Å². The van der Waals surface area contributed by atoms with Gasteiger partial charge in [-0.2, -0.15) is 0 Å². The van der Waals surface area contributed by atoms with Crippen molar-refractivity contribution in [2.75, 3.05) is 11.6 Å². The Hall–Kier alpha value is -3.31. The average Bonchev–Trinajstić information content (AvgIpc) is 2.79. The number of hydrogen-bond acceptors (Lipinski definition) is 4. The Morgan fingerprint density at radius 2 is 1.60 bits per heavy atom. The van der Waals surface area contributed by atoms with Crippen molar-refractivity contribution in [3.05, 3.63) is 90.5 Å². The van der Waals surface area contributed by atoms with Crippen LogP contribution in [0.1, 0.15) is 12.5 Å². The average molecular weight is 418 g/mol. The summed E-state index contributed by atoms with van der Waals surface area (Å²) in [5.74, 6) is -0.951. The summed E-state index contributed by atoms with van der Waals surface area (Å²) in [6.07, 6.45) is 4.08. The summed E-state index contributed by atoms with van der Waals surface area (Å²) in [6, 6.07) is 25.1. The zero-order valence-corrected chi connectivity index (χ0v) is 17.7. The number of rotatable bonds is 7. The van der Waals surface area contributed by atoms with Crippen molar-refractivity contribution in [2.24, 2.45) is 0 Å². The second kappa shape index (κ2) is 10.5. The maximum Gasteiger partial charge on any atom is 0.331 e. The predicted molar refractivity (Wildman–Crippen MR) is 123 cm³/mol. The fourth-order valence-corrected chi connectivity index (χ4v) is 3.25. The van der Waals surface area contributed by atoms with Gasteiger partial charge in [0.25, 0.3) is 5.91 Å². The summed E-state index contributed by atoms with van der Waals surface area (Å²) >= 11 is 1.65. The first kappa shape index (κ1) is 21.4. The first-order valence-corrected chi connectivity index (χ1v) is 10.8. The molecule has 30 heavy (non-hydrogen) atoms. The van der Waals surface area contributed by atoms with Gasteiger partial charge in [0, 0.05) is 22.2 Å². The van der Waals surface area contributed by atoms with Crippen LogP contribution in [0.5, 0.6) is 0 Å². The van der Waals surface area contributed by atoms with Crippen LogP contribution in [0.4, 0.5) is 5.69 Å². The van der Waals surface area contributed by atoms with E-state index in [4.69, 9.17) is 4.74 Å². The molecule has 3 rings (SSSR count). The Morgan fingerprint density at radius 1 is 0.933 bits per heavy atom. The fraction of sp³-hybridized carbons (Fsp3) is 0.120. The van der Waals surface area contributed by atoms with Gasteiger partial charge in [-0.05, 0) is 48.6 Å². The second-order valence-corrected chi connectivity index (χ2v) is 7.47. The molecule has 0 aromatic heterocycles. The van der Waals surface area contributed by atoms with Gasteiger partial charge in [0.05, 0.1) is 0 Å². The molecule has 4 nitrogen and oxygen atoms in total. The highest BCUT2D eigenvalue weighted by molar-refractivity contribution is 7.98. The number of thioether (sulfide) groups is 1. The largest absolute Gasteiger partial charge is 0.449 e. The lowest BCUT2D eigenvalue weighted by Gasteiger charge is -2.15. The van der Waals surface area contributed by atoms with Gasteiger partial charge in [-0.1, -0.05) is 60.7 Å². The summed E-state index contributed by atoms with van der Waals surface area (Å²) in [5, 5.41) is 2.86. The van der Waals surface area contributed by atoms with E-state index in [0.29, 0.717) is 5.69 Å². The summed E-state index contributed by atoms with van der Waals surface area (Å²) in [5.41, 5.74) is 3.45. The second-order valence-electron chi connectivity index (χ2n) is 6.59. The lowest BCUT2D eigenvalue weighted by Crippen LogP contribution is -2.29. The first-order valence-electron chi connectivity index (χ1n) is 9.55. The van der Waals surface area contributed by atoms with E-state index in [0.717, 1.165) is 21.6 Å². The molecular formula is C25H23NO3S. The van der Waals surface area contributed by atoms with Gasteiger partial charge < -0.3 is 10.1 Å². The molecule has 0 heterocycles. The third kappa shape index (κ3) is 5.84. The van der Waals surface area contributed by atoms with Crippen LogP contribution in [0.2, 0.25) is 0 Å². The van der Waals surface area contributed by atoms with E-state index in [2.05, 4.69) is 5.32 Å². The van der Waals surface area contributed by atoms with Crippen molar-refractivity contribution < 1.29 is 14.3 Å². The quantitative estimate of drug-likeness (QED) is 0.306. The number of ether oxygens (including phenoxy) is 1. The van der Waals surface area contributed by atoms with Crippen molar-refractivity contribution in [1.82, 2.24) is 0 Å². The minimum Gasteiger partial charge on any atom is -0.449 e. The Morgan fingerprint density at radius 3 is 2.30 bits per heavy atom. The topological polar surface area (TPSA) is 55.4 Å². The number of anilines is 1. The Bertz CT molecular complexity index is 1030. The normalized spacial score (nSPS) is 11.8. The lowest BCUT2D eigenvalue weighted by atomic mass is 10.0. The molecule has 0 aliphatic carbocycles. The van der Waals surface area contributed by atoms with Crippen LogP contribution in [0.3, 0.4) is 0 Å². The summed E-state index contributed by atoms with van der Waals surface area (Å²) < 4.78 is 5.25. The van der Waals surface area contributed by atoms with Gasteiger partial charge in [0.2, 0.25) is 0 Å². The number of carbonyl (C=O) groups excluding carboxylic acids is 2. The molecule has 1 N–H and O–H groups in total. The third-order valence-electron chi connectivity index (χ3n) is 4.46. The van der Waals surface area contributed by atoms with Crippen molar-refractivity contribution in [1.29, 1.82) is 0 Å². The van der Waals surface area contributed by atoms with E-state index in [1.54, 1.807) is 24.8 Å². The maximum absolute atomic E-state index is 12.6. The highest BCUT2D eigenvalue weighted by Crippen LogP contribution is 2.27. The summed E-state index contributed by atoms with van der Waals surface area (Å²) in [6.45, 7) is 1.56. The fourth-order valence-electron chi connectivity index (χ4n) is 2.84. The lowest BCUT2D eigenvalue weighted by molar-refractivity contribution is -0.148. The van der Waals surface area contributed by atoms with E-state index in [1.165, 1.54) is 6.08 Å². The molecule has 1 amide bonds. The monoisotopic (exact) mass is 417 g/mol. The van der Waals surface area contributed by atoms with Gasteiger partial charge >= 0.3 is 5.97 Å². The van der Waals surface area contributed by atoms with Gasteiger partial charge in [-0.15, -0.1) is 11.8 Å². The molecule has 0 unspecified atom stereocenters. The van der Waals surface area contributed by atoms with E-state index >= 15 is 0 Å². The molecule has 1 atom stereocenters. The molecule has 3 aromatic carbocycles. The van der Waals surface area contributed by atoms with Crippen LogP contribution in [-0.4, -0.2) is 24.2 Å². The molecule has 0 fully saturated rings. The summed E-state index contributed by atoms with van der Waals surface area (Å²) in [4.78, 5) is 25.8. The maximum atomic E-state index is 12.6. The number of esters is 1. The molecule has 5 heteroatoms. The van der Waals surface area contributed by atoms with Gasteiger partial charge in [-0.3, -0.25) is 4.79 Å². The molecule has 0 radical (unpaired) electrons.